The van der Waals surface area contributed by atoms with Crippen molar-refractivity contribution >= 4 is 11.9 Å². The number of carbonyl (C=O) groups is 2. The average Bonchev–Trinajstić information content (AvgIpc) is 3.01. The number of benzene rings is 1. The number of aryl methyl sites for hydroxylation is 1. The van der Waals surface area contributed by atoms with Gasteiger partial charge < -0.3 is 14.7 Å². The highest BCUT2D eigenvalue weighted by Gasteiger charge is 2.48. The molecule has 1 amide bonds. The quantitative estimate of drug-likeness (QED) is 0.785. The molecule has 1 heterocycles. The minimum Gasteiger partial charge on any atom is -0.481 e. The maximum Gasteiger partial charge on any atom is 0.313 e. The van der Waals surface area contributed by atoms with Gasteiger partial charge in [-0.2, -0.15) is 0 Å². The van der Waals surface area contributed by atoms with Crippen LogP contribution in [0, 0.1) is 10.8 Å². The summed E-state index contributed by atoms with van der Waals surface area (Å²) in [5, 5.41) is 9.55. The van der Waals surface area contributed by atoms with E-state index in [1.807, 2.05) is 32.0 Å². The molecule has 2 rings (SSSR count). The number of carboxylic acid groups (broad SMARTS) is 1. The van der Waals surface area contributed by atoms with Crippen molar-refractivity contribution in [2.24, 2.45) is 10.8 Å². The fourth-order valence-electron chi connectivity index (χ4n) is 3.59. The van der Waals surface area contributed by atoms with Crippen LogP contribution in [0.5, 0.6) is 0 Å². The second kappa shape index (κ2) is 8.00. The second-order valence-electron chi connectivity index (χ2n) is 7.72. The fraction of sp³-hybridized carbons (Fsp3) is 0.600. The van der Waals surface area contributed by atoms with Crippen molar-refractivity contribution in [1.82, 2.24) is 4.90 Å². The van der Waals surface area contributed by atoms with E-state index in [-0.39, 0.29) is 19.1 Å². The van der Waals surface area contributed by atoms with E-state index in [9.17, 15) is 14.7 Å². The molecule has 0 radical (unpaired) electrons. The zero-order valence-electron chi connectivity index (χ0n) is 15.5. The number of carboxylic acids is 1. The number of hydrogen-bond acceptors (Lipinski definition) is 3. The number of nitrogens with zero attached hydrogens (tertiary/aromatic N) is 1. The number of carbonyl (C=O) groups excluding carboxylic acids is 1. The number of hydrogen-bond donors (Lipinski definition) is 1. The highest BCUT2D eigenvalue weighted by Crippen LogP contribution is 2.35. The molecule has 0 bridgehead atoms. The van der Waals surface area contributed by atoms with Crippen molar-refractivity contribution in [3.63, 3.8) is 0 Å². The lowest BCUT2D eigenvalue weighted by Gasteiger charge is -2.30. The molecule has 0 aromatic heterocycles. The SMILES string of the molecule is COCC1(C(=O)O)CCN(C(=O)C(C)(C)CCCc2ccccc2)C1. The number of aliphatic carboxylic acids is 1. The number of methoxy groups -OCH3 is 1. The molecule has 5 nitrogen and oxygen atoms in total. The van der Waals surface area contributed by atoms with Crippen LogP contribution in [0.1, 0.15) is 38.7 Å². The van der Waals surface area contributed by atoms with Crippen LogP contribution in [0.3, 0.4) is 0 Å². The van der Waals surface area contributed by atoms with Crippen LogP contribution in [-0.4, -0.2) is 48.7 Å². The molecule has 1 aromatic carbocycles. The van der Waals surface area contributed by atoms with Crippen LogP contribution in [0.2, 0.25) is 0 Å². The van der Waals surface area contributed by atoms with Gasteiger partial charge in [-0.05, 0) is 31.2 Å². The molecule has 1 saturated heterocycles. The molecule has 25 heavy (non-hydrogen) atoms. The molecule has 0 spiro atoms. The molecule has 1 aromatic rings. The predicted octanol–water partition coefficient (Wildman–Crippen LogP) is 2.99. The van der Waals surface area contributed by atoms with E-state index in [2.05, 4.69) is 12.1 Å². The Kier molecular flexibility index (Phi) is 6.22. The standard InChI is InChI=1S/C20H29NO4/c1-19(2,11-7-10-16-8-5-4-6-9-16)17(22)21-13-12-20(14-21,15-25-3)18(23)24/h4-6,8-9H,7,10-15H2,1-3H3,(H,23,24). The molecule has 0 saturated carbocycles. The van der Waals surface area contributed by atoms with Crippen molar-refractivity contribution in [1.29, 1.82) is 0 Å². The molecule has 1 aliphatic rings. The molecule has 1 atom stereocenters. The van der Waals surface area contributed by atoms with E-state index in [0.717, 1.165) is 19.3 Å². The van der Waals surface area contributed by atoms with E-state index < -0.39 is 16.8 Å². The third-order valence-electron chi connectivity index (χ3n) is 5.20. The van der Waals surface area contributed by atoms with E-state index in [1.54, 1.807) is 4.90 Å². The molecular formula is C20H29NO4. The highest BCUT2D eigenvalue weighted by molar-refractivity contribution is 5.84. The Morgan fingerprint density at radius 1 is 1.28 bits per heavy atom. The maximum atomic E-state index is 12.9. The van der Waals surface area contributed by atoms with E-state index in [1.165, 1.54) is 12.7 Å². The molecular weight excluding hydrogens is 318 g/mol. The Balaban J connectivity index is 1.93. The van der Waals surface area contributed by atoms with Crippen LogP contribution in [0.25, 0.3) is 0 Å². The molecule has 138 valence electrons. The van der Waals surface area contributed by atoms with Gasteiger partial charge in [0.05, 0.1) is 6.61 Å². The van der Waals surface area contributed by atoms with Crippen LogP contribution >= 0.6 is 0 Å². The summed E-state index contributed by atoms with van der Waals surface area (Å²) in [5.74, 6) is -0.841. The topological polar surface area (TPSA) is 66.8 Å². The van der Waals surface area contributed by atoms with Gasteiger partial charge in [0.15, 0.2) is 0 Å². The first-order valence-electron chi connectivity index (χ1n) is 8.86. The van der Waals surface area contributed by atoms with Crippen molar-refractivity contribution < 1.29 is 19.4 Å². The van der Waals surface area contributed by atoms with E-state index in [4.69, 9.17) is 4.74 Å². The highest BCUT2D eigenvalue weighted by atomic mass is 16.5. The van der Waals surface area contributed by atoms with Crippen molar-refractivity contribution in [3.05, 3.63) is 35.9 Å². The lowest BCUT2D eigenvalue weighted by atomic mass is 9.84. The van der Waals surface area contributed by atoms with Crippen LogP contribution < -0.4 is 0 Å². The summed E-state index contributed by atoms with van der Waals surface area (Å²) in [5.41, 5.74) is -0.182. The van der Waals surface area contributed by atoms with E-state index >= 15 is 0 Å². The largest absolute Gasteiger partial charge is 0.481 e. The van der Waals surface area contributed by atoms with Gasteiger partial charge in [0.25, 0.3) is 0 Å². The van der Waals surface area contributed by atoms with Gasteiger partial charge in [-0.3, -0.25) is 9.59 Å². The first-order valence-corrected chi connectivity index (χ1v) is 8.86. The normalized spacial score (nSPS) is 20.7. The molecule has 0 aliphatic carbocycles. The monoisotopic (exact) mass is 347 g/mol. The first kappa shape index (κ1) is 19.4. The van der Waals surface area contributed by atoms with Crippen molar-refractivity contribution in [3.8, 4) is 0 Å². The number of likely N-dealkylation sites (tertiary alicyclic amines) is 1. The zero-order chi connectivity index (χ0) is 18.5. The third-order valence-corrected chi connectivity index (χ3v) is 5.20. The molecule has 1 N–H and O–H groups in total. The molecule has 1 unspecified atom stereocenters. The summed E-state index contributed by atoms with van der Waals surface area (Å²) in [7, 11) is 1.50. The Labute approximate surface area is 150 Å². The Morgan fingerprint density at radius 2 is 1.96 bits per heavy atom. The summed E-state index contributed by atoms with van der Waals surface area (Å²) in [6, 6.07) is 10.2. The summed E-state index contributed by atoms with van der Waals surface area (Å²) < 4.78 is 5.10. The van der Waals surface area contributed by atoms with Gasteiger partial charge in [-0.15, -0.1) is 0 Å². The summed E-state index contributed by atoms with van der Waals surface area (Å²) >= 11 is 0. The second-order valence-corrected chi connectivity index (χ2v) is 7.72. The smallest absolute Gasteiger partial charge is 0.313 e. The van der Waals surface area contributed by atoms with Gasteiger partial charge in [0.2, 0.25) is 5.91 Å². The number of amides is 1. The van der Waals surface area contributed by atoms with Gasteiger partial charge >= 0.3 is 5.97 Å². The van der Waals surface area contributed by atoms with E-state index in [0.29, 0.717) is 13.0 Å². The Hall–Kier alpha value is -1.88. The van der Waals surface area contributed by atoms with Crippen molar-refractivity contribution in [2.45, 2.75) is 39.5 Å². The predicted molar refractivity (Wildman–Crippen MR) is 96.3 cm³/mol. The third kappa shape index (κ3) is 4.60. The lowest BCUT2D eigenvalue weighted by Crippen LogP contribution is -2.44. The fourth-order valence-corrected chi connectivity index (χ4v) is 3.59. The maximum absolute atomic E-state index is 12.9. The van der Waals surface area contributed by atoms with Gasteiger partial charge in [-0.25, -0.2) is 0 Å². The van der Waals surface area contributed by atoms with Crippen LogP contribution in [0.4, 0.5) is 0 Å². The molecule has 1 fully saturated rings. The minimum atomic E-state index is -0.968. The van der Waals surface area contributed by atoms with Crippen molar-refractivity contribution in [2.75, 3.05) is 26.8 Å². The zero-order valence-corrected chi connectivity index (χ0v) is 15.5. The van der Waals surface area contributed by atoms with Crippen LogP contribution in [0.15, 0.2) is 30.3 Å². The lowest BCUT2D eigenvalue weighted by molar-refractivity contribution is -0.152. The average molecular weight is 347 g/mol. The first-order chi connectivity index (χ1) is 11.8. The minimum absolute atomic E-state index is 0.0415. The van der Waals surface area contributed by atoms with Gasteiger partial charge in [0, 0.05) is 25.6 Å². The Morgan fingerprint density at radius 3 is 2.56 bits per heavy atom. The van der Waals surface area contributed by atoms with Gasteiger partial charge in [-0.1, -0.05) is 44.2 Å². The molecule has 5 heteroatoms. The Bertz CT molecular complexity index is 599. The summed E-state index contributed by atoms with van der Waals surface area (Å²) in [4.78, 5) is 26.3. The summed E-state index contributed by atoms with van der Waals surface area (Å²) in [6.45, 7) is 4.77. The van der Waals surface area contributed by atoms with Crippen LogP contribution in [-0.2, 0) is 20.7 Å². The molecule has 1 aliphatic heterocycles. The number of rotatable bonds is 8. The number of ether oxygens (including phenoxy) is 1. The van der Waals surface area contributed by atoms with Gasteiger partial charge in [0.1, 0.15) is 5.41 Å². The summed E-state index contributed by atoms with van der Waals surface area (Å²) in [6.07, 6.45) is 3.10.